The second kappa shape index (κ2) is 7.17. The first kappa shape index (κ1) is 16.6. The third kappa shape index (κ3) is 3.55. The van der Waals surface area contributed by atoms with Crippen molar-refractivity contribution in [2.45, 2.75) is 18.6 Å². The highest BCUT2D eigenvalue weighted by molar-refractivity contribution is 7.99. The van der Waals surface area contributed by atoms with Crippen LogP contribution in [0.5, 0.6) is 0 Å². The minimum atomic E-state index is -0.0376. The number of hydrogen-bond acceptors (Lipinski definition) is 5. The molecule has 4 rings (SSSR count). The van der Waals surface area contributed by atoms with Gasteiger partial charge >= 0.3 is 0 Å². The number of aromatic nitrogens is 2. The van der Waals surface area contributed by atoms with Crippen LogP contribution < -0.4 is 5.32 Å². The van der Waals surface area contributed by atoms with Crippen molar-refractivity contribution in [3.63, 3.8) is 0 Å². The van der Waals surface area contributed by atoms with Gasteiger partial charge in [0.2, 0.25) is 5.91 Å². The molecule has 4 aromatic rings. The maximum atomic E-state index is 12.3. The van der Waals surface area contributed by atoms with Gasteiger partial charge in [0.05, 0.1) is 11.2 Å². The van der Waals surface area contributed by atoms with Crippen LogP contribution in [0.4, 0.5) is 5.69 Å². The Balaban J connectivity index is 1.40. The van der Waals surface area contributed by atoms with Crippen LogP contribution in [-0.4, -0.2) is 21.6 Å². The number of benzene rings is 2. The second-order valence-corrected chi connectivity index (χ2v) is 6.97. The van der Waals surface area contributed by atoms with Crippen LogP contribution in [0.1, 0.15) is 12.1 Å². The smallest absolute Gasteiger partial charge is 0.256 e. The third-order valence-electron chi connectivity index (χ3n) is 3.95. The monoisotopic (exact) mass is 363 g/mol. The lowest BCUT2D eigenvalue weighted by Gasteiger charge is -2.09. The number of fused-ring (bicyclic) bond motifs is 2. The van der Waals surface area contributed by atoms with E-state index < -0.39 is 0 Å². The third-order valence-corrected chi connectivity index (χ3v) is 4.78. The van der Waals surface area contributed by atoms with Gasteiger partial charge in [-0.2, -0.15) is 0 Å². The first-order valence-corrected chi connectivity index (χ1v) is 9.32. The van der Waals surface area contributed by atoms with Crippen molar-refractivity contribution in [2.75, 3.05) is 11.1 Å². The Morgan fingerprint density at radius 1 is 1.08 bits per heavy atom. The predicted molar refractivity (Wildman–Crippen MR) is 104 cm³/mol. The summed E-state index contributed by atoms with van der Waals surface area (Å²) in [5, 5.41) is 4.53. The van der Waals surface area contributed by atoms with Crippen LogP contribution in [0, 0.1) is 6.92 Å². The number of rotatable bonds is 5. The average molecular weight is 363 g/mol. The van der Waals surface area contributed by atoms with Crippen LogP contribution in [-0.2, 0) is 4.79 Å². The largest absolute Gasteiger partial charge is 0.431 e. The molecule has 5 nitrogen and oxygen atoms in total. The van der Waals surface area contributed by atoms with E-state index in [1.165, 1.54) is 11.8 Å². The van der Waals surface area contributed by atoms with Crippen molar-refractivity contribution in [1.82, 2.24) is 9.97 Å². The average Bonchev–Trinajstić information content (AvgIpc) is 3.04. The highest BCUT2D eigenvalue weighted by Gasteiger charge is 2.10. The van der Waals surface area contributed by atoms with Gasteiger partial charge in [0.25, 0.3) is 5.22 Å². The molecule has 0 saturated carbocycles. The molecule has 0 aliphatic rings. The zero-order valence-corrected chi connectivity index (χ0v) is 15.0. The van der Waals surface area contributed by atoms with Crippen LogP contribution in [0.25, 0.3) is 22.0 Å². The Kier molecular flexibility index (Phi) is 4.58. The van der Waals surface area contributed by atoms with Crippen LogP contribution in [0.2, 0.25) is 0 Å². The predicted octanol–water partition coefficient (Wildman–Crippen LogP) is 4.81. The number of amides is 1. The summed E-state index contributed by atoms with van der Waals surface area (Å²) in [6, 6.07) is 17.3. The molecule has 0 saturated heterocycles. The molecule has 1 amide bonds. The molecule has 6 heteroatoms. The number of para-hydroxylation sites is 3. The summed E-state index contributed by atoms with van der Waals surface area (Å²) in [6.07, 6.45) is 0.374. The quantitative estimate of drug-likeness (QED) is 0.516. The number of pyridine rings is 1. The normalized spacial score (nSPS) is 11.1. The van der Waals surface area contributed by atoms with Gasteiger partial charge in [0.15, 0.2) is 5.58 Å². The standard InChI is InChI=1S/C20H17N3O2S/c1-13-12-17(14-6-2-3-7-15(14)21-13)22-19(24)10-11-26-20-23-16-8-4-5-9-18(16)25-20/h2-9,12H,10-11H2,1H3,(H,21,22,24). The number of hydrogen-bond donors (Lipinski definition) is 1. The number of oxazole rings is 1. The Morgan fingerprint density at radius 3 is 2.69 bits per heavy atom. The molecule has 0 aliphatic carbocycles. The summed E-state index contributed by atoms with van der Waals surface area (Å²) in [4.78, 5) is 21.2. The molecule has 26 heavy (non-hydrogen) atoms. The number of carbonyl (C=O) groups is 1. The van der Waals surface area contributed by atoms with Crippen LogP contribution in [0.15, 0.2) is 64.2 Å². The molecule has 1 N–H and O–H groups in total. The van der Waals surface area contributed by atoms with Crippen molar-refractivity contribution in [1.29, 1.82) is 0 Å². The SMILES string of the molecule is Cc1cc(NC(=O)CCSc2nc3ccccc3o2)c2ccccc2n1. The Bertz CT molecular complexity index is 1060. The minimum absolute atomic E-state index is 0.0376. The summed E-state index contributed by atoms with van der Waals surface area (Å²) >= 11 is 1.44. The number of aryl methyl sites for hydroxylation is 1. The molecule has 0 unspecified atom stereocenters. The van der Waals surface area contributed by atoms with Gasteiger partial charge in [-0.05, 0) is 31.2 Å². The fourth-order valence-corrected chi connectivity index (χ4v) is 3.54. The van der Waals surface area contributed by atoms with E-state index in [0.29, 0.717) is 17.4 Å². The molecule has 0 bridgehead atoms. The van der Waals surface area contributed by atoms with Crippen LogP contribution in [0.3, 0.4) is 0 Å². The molecule has 2 aromatic carbocycles. The van der Waals surface area contributed by atoms with Crippen molar-refractivity contribution in [3.8, 4) is 0 Å². The molecular weight excluding hydrogens is 346 g/mol. The van der Waals surface area contributed by atoms with E-state index in [2.05, 4.69) is 15.3 Å². The van der Waals surface area contributed by atoms with Crippen molar-refractivity contribution in [3.05, 3.63) is 60.3 Å². The number of carbonyl (C=O) groups excluding carboxylic acids is 1. The molecule has 0 fully saturated rings. The molecule has 0 spiro atoms. The topological polar surface area (TPSA) is 68.0 Å². The van der Waals surface area contributed by atoms with Gasteiger partial charge in [-0.1, -0.05) is 42.1 Å². The molecule has 130 valence electrons. The van der Waals surface area contributed by atoms with Crippen molar-refractivity contribution >= 4 is 45.4 Å². The van der Waals surface area contributed by atoms with Gasteiger partial charge in [-0.25, -0.2) is 4.98 Å². The van der Waals surface area contributed by atoms with Crippen molar-refractivity contribution < 1.29 is 9.21 Å². The van der Waals surface area contributed by atoms with E-state index >= 15 is 0 Å². The van der Waals surface area contributed by atoms with Crippen LogP contribution >= 0.6 is 11.8 Å². The number of anilines is 1. The zero-order chi connectivity index (χ0) is 17.9. The fourth-order valence-electron chi connectivity index (χ4n) is 2.77. The molecular formula is C20H17N3O2S. The Morgan fingerprint density at radius 2 is 1.85 bits per heavy atom. The summed E-state index contributed by atoms with van der Waals surface area (Å²) in [5.41, 5.74) is 4.14. The molecule has 0 atom stereocenters. The van der Waals surface area contributed by atoms with E-state index in [9.17, 15) is 4.79 Å². The van der Waals surface area contributed by atoms with Gasteiger partial charge < -0.3 is 9.73 Å². The first-order chi connectivity index (χ1) is 12.7. The summed E-state index contributed by atoms with van der Waals surface area (Å²) in [7, 11) is 0. The summed E-state index contributed by atoms with van der Waals surface area (Å²) in [6.45, 7) is 1.92. The molecule has 0 aliphatic heterocycles. The maximum Gasteiger partial charge on any atom is 0.256 e. The molecule has 2 aromatic heterocycles. The van der Waals surface area contributed by atoms with E-state index in [1.807, 2.05) is 61.5 Å². The summed E-state index contributed by atoms with van der Waals surface area (Å²) in [5.74, 6) is 0.560. The van der Waals surface area contributed by atoms with Gasteiger partial charge in [-0.15, -0.1) is 0 Å². The van der Waals surface area contributed by atoms with Gasteiger partial charge in [-0.3, -0.25) is 9.78 Å². The molecule has 2 heterocycles. The van der Waals surface area contributed by atoms with Gasteiger partial charge in [0.1, 0.15) is 5.52 Å². The molecule has 0 radical (unpaired) electrons. The summed E-state index contributed by atoms with van der Waals surface area (Å²) < 4.78 is 5.65. The van der Waals surface area contributed by atoms with Gasteiger partial charge in [0, 0.05) is 23.3 Å². The Labute approximate surface area is 154 Å². The maximum absolute atomic E-state index is 12.3. The number of nitrogens with zero attached hydrogens (tertiary/aromatic N) is 2. The lowest BCUT2D eigenvalue weighted by atomic mass is 10.1. The second-order valence-electron chi connectivity index (χ2n) is 5.92. The number of thioether (sulfide) groups is 1. The highest BCUT2D eigenvalue weighted by Crippen LogP contribution is 2.25. The first-order valence-electron chi connectivity index (χ1n) is 8.34. The minimum Gasteiger partial charge on any atom is -0.431 e. The van der Waals surface area contributed by atoms with E-state index in [1.54, 1.807) is 0 Å². The lowest BCUT2D eigenvalue weighted by molar-refractivity contribution is -0.115. The lowest BCUT2D eigenvalue weighted by Crippen LogP contribution is -2.13. The fraction of sp³-hybridized carbons (Fsp3) is 0.150. The highest BCUT2D eigenvalue weighted by atomic mass is 32.2. The van der Waals surface area contributed by atoms with E-state index in [0.717, 1.165) is 33.4 Å². The van der Waals surface area contributed by atoms with Crippen molar-refractivity contribution in [2.24, 2.45) is 0 Å². The number of nitrogens with one attached hydrogen (secondary N) is 1. The van der Waals surface area contributed by atoms with E-state index in [4.69, 9.17) is 4.42 Å². The zero-order valence-electron chi connectivity index (χ0n) is 14.2. The Hall–Kier alpha value is -2.86. The van der Waals surface area contributed by atoms with E-state index in [-0.39, 0.29) is 5.91 Å².